The Morgan fingerprint density at radius 1 is 1.21 bits per heavy atom. The van der Waals surface area contributed by atoms with Gasteiger partial charge in [-0.05, 0) is 32.9 Å². The van der Waals surface area contributed by atoms with E-state index in [1.54, 1.807) is 48.1 Å². The average Bonchev–Trinajstić information content (AvgIpc) is 3.26. The van der Waals surface area contributed by atoms with Crippen LogP contribution in [0.15, 0.2) is 56.7 Å². The molecule has 4 rings (SSSR count). The Morgan fingerprint density at radius 3 is 2.59 bits per heavy atom. The van der Waals surface area contributed by atoms with Crippen LogP contribution in [0.25, 0.3) is 16.8 Å². The number of benzene rings is 1. The molecule has 0 aliphatic rings. The maximum Gasteiger partial charge on any atom is 0.335 e. The quantitative estimate of drug-likeness (QED) is 0.553. The number of aromatic amines is 1. The van der Waals surface area contributed by atoms with Crippen LogP contribution in [0, 0.1) is 6.92 Å². The SMILES string of the molecule is Cc1oc2[nH]c(=O)n(-c3ccccc3)c(=O)c2c1C(=O)Nc1cnn(C(C)C)c1. The molecule has 0 spiro atoms. The first-order valence-corrected chi connectivity index (χ1v) is 9.06. The van der Waals surface area contributed by atoms with Crippen molar-refractivity contribution in [2.75, 3.05) is 5.32 Å². The summed E-state index contributed by atoms with van der Waals surface area (Å²) in [5.41, 5.74) is -0.354. The van der Waals surface area contributed by atoms with Crippen LogP contribution in [0.4, 0.5) is 5.69 Å². The summed E-state index contributed by atoms with van der Waals surface area (Å²) in [4.78, 5) is 41.0. The zero-order chi connectivity index (χ0) is 20.7. The Morgan fingerprint density at radius 2 is 1.93 bits per heavy atom. The summed E-state index contributed by atoms with van der Waals surface area (Å²) in [6, 6.07) is 8.61. The number of aryl methyl sites for hydroxylation is 1. The molecular weight excluding hydrogens is 374 g/mol. The summed E-state index contributed by atoms with van der Waals surface area (Å²) in [6.45, 7) is 5.50. The third-order valence-corrected chi connectivity index (χ3v) is 4.55. The molecule has 0 unspecified atom stereocenters. The minimum Gasteiger partial charge on any atom is -0.444 e. The molecule has 2 N–H and O–H groups in total. The zero-order valence-corrected chi connectivity index (χ0v) is 16.1. The van der Waals surface area contributed by atoms with Gasteiger partial charge in [-0.1, -0.05) is 18.2 Å². The third kappa shape index (κ3) is 3.16. The van der Waals surface area contributed by atoms with E-state index in [4.69, 9.17) is 4.42 Å². The molecule has 0 atom stereocenters. The lowest BCUT2D eigenvalue weighted by molar-refractivity contribution is 0.102. The van der Waals surface area contributed by atoms with Gasteiger partial charge in [0, 0.05) is 12.2 Å². The van der Waals surface area contributed by atoms with Gasteiger partial charge in [0.2, 0.25) is 5.71 Å². The molecule has 1 amide bonds. The highest BCUT2D eigenvalue weighted by atomic mass is 16.3. The van der Waals surface area contributed by atoms with E-state index in [9.17, 15) is 14.4 Å². The lowest BCUT2D eigenvalue weighted by Crippen LogP contribution is -2.34. The molecule has 9 nitrogen and oxygen atoms in total. The summed E-state index contributed by atoms with van der Waals surface area (Å²) in [5, 5.41) is 6.93. The summed E-state index contributed by atoms with van der Waals surface area (Å²) in [5.74, 6) is -0.291. The van der Waals surface area contributed by atoms with Crippen LogP contribution in [0.5, 0.6) is 0 Å². The van der Waals surface area contributed by atoms with E-state index in [1.165, 1.54) is 6.20 Å². The first kappa shape index (κ1) is 18.5. The first-order valence-electron chi connectivity index (χ1n) is 9.06. The largest absolute Gasteiger partial charge is 0.444 e. The van der Waals surface area contributed by atoms with Crippen molar-refractivity contribution in [3.05, 3.63) is 74.9 Å². The summed E-state index contributed by atoms with van der Waals surface area (Å²) in [6.07, 6.45) is 3.23. The molecule has 0 saturated carbocycles. The molecule has 4 aromatic rings. The number of nitrogens with one attached hydrogen (secondary N) is 2. The van der Waals surface area contributed by atoms with E-state index < -0.39 is 17.2 Å². The Bertz CT molecular complexity index is 1320. The number of para-hydroxylation sites is 1. The van der Waals surface area contributed by atoms with Gasteiger partial charge in [-0.2, -0.15) is 5.10 Å². The summed E-state index contributed by atoms with van der Waals surface area (Å²) in [7, 11) is 0. The maximum absolute atomic E-state index is 13.1. The fraction of sp³-hybridized carbons (Fsp3) is 0.200. The number of furan rings is 1. The monoisotopic (exact) mass is 393 g/mol. The number of hydrogen-bond donors (Lipinski definition) is 2. The first-order chi connectivity index (χ1) is 13.9. The van der Waals surface area contributed by atoms with E-state index in [0.29, 0.717) is 11.4 Å². The molecule has 1 aromatic carbocycles. The van der Waals surface area contributed by atoms with Gasteiger partial charge in [0.1, 0.15) is 11.1 Å². The molecule has 29 heavy (non-hydrogen) atoms. The van der Waals surface area contributed by atoms with Crippen molar-refractivity contribution in [2.45, 2.75) is 26.8 Å². The van der Waals surface area contributed by atoms with Crippen LogP contribution in [0.1, 0.15) is 36.0 Å². The van der Waals surface area contributed by atoms with E-state index in [1.807, 2.05) is 13.8 Å². The lowest BCUT2D eigenvalue weighted by Gasteiger charge is -2.05. The number of amides is 1. The molecule has 0 aliphatic heterocycles. The van der Waals surface area contributed by atoms with Crippen LogP contribution in [-0.4, -0.2) is 25.2 Å². The predicted molar refractivity (Wildman–Crippen MR) is 108 cm³/mol. The van der Waals surface area contributed by atoms with Crippen LogP contribution in [0.3, 0.4) is 0 Å². The standard InChI is InChI=1S/C20H19N5O4/c1-11(2)24-10-13(9-21-24)22-17(26)15-12(3)29-18-16(15)19(27)25(20(28)23-18)14-7-5-4-6-8-14/h4-11H,1-3H3,(H,22,26)(H,23,28). The Balaban J connectivity index is 1.84. The van der Waals surface area contributed by atoms with Gasteiger partial charge in [-0.15, -0.1) is 0 Å². The van der Waals surface area contributed by atoms with Gasteiger partial charge in [0.15, 0.2) is 0 Å². The number of anilines is 1. The van der Waals surface area contributed by atoms with Gasteiger partial charge >= 0.3 is 5.69 Å². The number of carbonyl (C=O) groups is 1. The number of carbonyl (C=O) groups excluding carboxylic acids is 1. The molecule has 0 aliphatic carbocycles. The van der Waals surface area contributed by atoms with Crippen molar-refractivity contribution < 1.29 is 9.21 Å². The lowest BCUT2D eigenvalue weighted by atomic mass is 10.1. The number of aromatic nitrogens is 4. The highest BCUT2D eigenvalue weighted by molar-refractivity contribution is 6.12. The summed E-state index contributed by atoms with van der Waals surface area (Å²) >= 11 is 0. The van der Waals surface area contributed by atoms with E-state index >= 15 is 0 Å². The van der Waals surface area contributed by atoms with Crippen LogP contribution in [-0.2, 0) is 0 Å². The predicted octanol–water partition coefficient (Wildman–Crippen LogP) is 2.61. The Kier molecular flexibility index (Phi) is 4.42. The average molecular weight is 393 g/mol. The van der Waals surface area contributed by atoms with E-state index in [0.717, 1.165) is 4.57 Å². The minimum atomic E-state index is -0.646. The van der Waals surface area contributed by atoms with Gasteiger partial charge < -0.3 is 9.73 Å². The fourth-order valence-electron chi connectivity index (χ4n) is 3.16. The van der Waals surface area contributed by atoms with Gasteiger partial charge in [-0.25, -0.2) is 9.36 Å². The maximum atomic E-state index is 13.1. The van der Waals surface area contributed by atoms with Crippen molar-refractivity contribution >= 4 is 22.7 Å². The number of hydrogen-bond acceptors (Lipinski definition) is 5. The number of fused-ring (bicyclic) bond motifs is 1. The zero-order valence-electron chi connectivity index (χ0n) is 16.1. The molecule has 0 radical (unpaired) electrons. The normalized spacial score (nSPS) is 11.3. The molecular formula is C20H19N5O4. The van der Waals surface area contributed by atoms with Crippen LogP contribution < -0.4 is 16.6 Å². The van der Waals surface area contributed by atoms with Crippen molar-refractivity contribution in [3.8, 4) is 5.69 Å². The van der Waals surface area contributed by atoms with Crippen LogP contribution >= 0.6 is 0 Å². The second-order valence-electron chi connectivity index (χ2n) is 6.90. The van der Waals surface area contributed by atoms with Crippen molar-refractivity contribution in [1.29, 1.82) is 0 Å². The van der Waals surface area contributed by atoms with Gasteiger partial charge in [0.25, 0.3) is 11.5 Å². The van der Waals surface area contributed by atoms with Crippen molar-refractivity contribution in [2.24, 2.45) is 0 Å². The summed E-state index contributed by atoms with van der Waals surface area (Å²) < 4.78 is 8.18. The highest BCUT2D eigenvalue weighted by Crippen LogP contribution is 2.22. The fourth-order valence-corrected chi connectivity index (χ4v) is 3.16. The van der Waals surface area contributed by atoms with Crippen molar-refractivity contribution in [1.82, 2.24) is 19.3 Å². The third-order valence-electron chi connectivity index (χ3n) is 4.55. The molecule has 0 bridgehead atoms. The molecule has 3 heterocycles. The minimum absolute atomic E-state index is 0.0136. The Hall–Kier alpha value is -3.88. The number of rotatable bonds is 4. The smallest absolute Gasteiger partial charge is 0.335 e. The van der Waals surface area contributed by atoms with Gasteiger partial charge in [-0.3, -0.25) is 19.3 Å². The topological polar surface area (TPSA) is 115 Å². The molecule has 3 aromatic heterocycles. The molecule has 148 valence electrons. The Labute approximate surface area is 164 Å². The molecule has 9 heteroatoms. The van der Waals surface area contributed by atoms with Crippen molar-refractivity contribution in [3.63, 3.8) is 0 Å². The molecule has 0 saturated heterocycles. The number of H-pyrrole nitrogens is 1. The van der Waals surface area contributed by atoms with E-state index in [-0.39, 0.29) is 28.5 Å². The second-order valence-corrected chi connectivity index (χ2v) is 6.90. The molecule has 0 fully saturated rings. The van der Waals surface area contributed by atoms with Gasteiger partial charge in [0.05, 0.1) is 23.1 Å². The van der Waals surface area contributed by atoms with Crippen LogP contribution in [0.2, 0.25) is 0 Å². The van der Waals surface area contributed by atoms with E-state index in [2.05, 4.69) is 15.4 Å². The second kappa shape index (κ2) is 6.93. The highest BCUT2D eigenvalue weighted by Gasteiger charge is 2.24. The number of nitrogens with zero attached hydrogens (tertiary/aromatic N) is 3.